The SMILES string of the molecule is CCNc1ccnc(C(=O)Nc2cnccc2C)c1. The molecule has 0 unspecified atom stereocenters. The molecular weight excluding hydrogens is 240 g/mol. The summed E-state index contributed by atoms with van der Waals surface area (Å²) in [5.74, 6) is -0.240. The molecule has 5 heteroatoms. The number of anilines is 2. The van der Waals surface area contributed by atoms with Crippen LogP contribution >= 0.6 is 0 Å². The summed E-state index contributed by atoms with van der Waals surface area (Å²) in [5.41, 5.74) is 2.92. The number of rotatable bonds is 4. The van der Waals surface area contributed by atoms with E-state index in [0.29, 0.717) is 11.4 Å². The van der Waals surface area contributed by atoms with Crippen LogP contribution in [0.5, 0.6) is 0 Å². The maximum Gasteiger partial charge on any atom is 0.274 e. The van der Waals surface area contributed by atoms with Crippen LogP contribution < -0.4 is 10.6 Å². The molecule has 2 aromatic rings. The lowest BCUT2D eigenvalue weighted by molar-refractivity contribution is 0.102. The van der Waals surface area contributed by atoms with E-state index in [1.807, 2.05) is 26.0 Å². The van der Waals surface area contributed by atoms with Gasteiger partial charge in [0, 0.05) is 24.6 Å². The van der Waals surface area contributed by atoms with Gasteiger partial charge in [0.15, 0.2) is 0 Å². The van der Waals surface area contributed by atoms with Crippen molar-refractivity contribution >= 4 is 17.3 Å². The van der Waals surface area contributed by atoms with Crippen molar-refractivity contribution in [3.63, 3.8) is 0 Å². The molecule has 0 bridgehead atoms. The molecule has 1 amide bonds. The Balaban J connectivity index is 2.16. The van der Waals surface area contributed by atoms with Gasteiger partial charge in [0.05, 0.1) is 11.9 Å². The van der Waals surface area contributed by atoms with Crippen LogP contribution in [0.4, 0.5) is 11.4 Å². The van der Waals surface area contributed by atoms with Crippen LogP contribution in [0.2, 0.25) is 0 Å². The zero-order valence-electron chi connectivity index (χ0n) is 11.0. The number of carbonyl (C=O) groups excluding carboxylic acids is 1. The van der Waals surface area contributed by atoms with Crippen molar-refractivity contribution in [3.8, 4) is 0 Å². The molecular formula is C14H16N4O. The number of aryl methyl sites for hydroxylation is 1. The molecule has 2 rings (SSSR count). The van der Waals surface area contributed by atoms with E-state index in [1.165, 1.54) is 0 Å². The van der Waals surface area contributed by atoms with Gasteiger partial charge in [-0.3, -0.25) is 14.8 Å². The summed E-state index contributed by atoms with van der Waals surface area (Å²) in [7, 11) is 0. The number of pyridine rings is 2. The maximum atomic E-state index is 12.1. The Bertz CT molecular complexity index is 583. The zero-order chi connectivity index (χ0) is 13.7. The number of aromatic nitrogens is 2. The van der Waals surface area contributed by atoms with Gasteiger partial charge in [-0.2, -0.15) is 0 Å². The number of nitrogens with one attached hydrogen (secondary N) is 2. The van der Waals surface area contributed by atoms with Gasteiger partial charge in [-0.25, -0.2) is 0 Å². The van der Waals surface area contributed by atoms with Crippen molar-refractivity contribution in [2.45, 2.75) is 13.8 Å². The number of nitrogens with zero attached hydrogens (tertiary/aromatic N) is 2. The van der Waals surface area contributed by atoms with E-state index in [4.69, 9.17) is 0 Å². The highest BCUT2D eigenvalue weighted by Crippen LogP contribution is 2.14. The smallest absolute Gasteiger partial charge is 0.274 e. The van der Waals surface area contributed by atoms with Crippen LogP contribution in [0.1, 0.15) is 23.0 Å². The summed E-state index contributed by atoms with van der Waals surface area (Å²) in [6.07, 6.45) is 4.93. The molecule has 0 aliphatic heterocycles. The Labute approximate surface area is 112 Å². The second kappa shape index (κ2) is 5.95. The molecule has 2 aromatic heterocycles. The lowest BCUT2D eigenvalue weighted by Crippen LogP contribution is -2.15. The van der Waals surface area contributed by atoms with Crippen molar-refractivity contribution in [3.05, 3.63) is 48.0 Å². The van der Waals surface area contributed by atoms with Crippen molar-refractivity contribution < 1.29 is 4.79 Å². The summed E-state index contributed by atoms with van der Waals surface area (Å²) in [6.45, 7) is 4.71. The average molecular weight is 256 g/mol. The van der Waals surface area contributed by atoms with Gasteiger partial charge < -0.3 is 10.6 Å². The van der Waals surface area contributed by atoms with E-state index >= 15 is 0 Å². The van der Waals surface area contributed by atoms with Crippen LogP contribution in [-0.2, 0) is 0 Å². The molecule has 0 aliphatic rings. The molecule has 2 N–H and O–H groups in total. The average Bonchev–Trinajstić information content (AvgIpc) is 2.42. The first-order valence-corrected chi connectivity index (χ1v) is 6.12. The van der Waals surface area contributed by atoms with E-state index in [1.54, 1.807) is 24.7 Å². The third-order valence-electron chi connectivity index (χ3n) is 2.66. The summed E-state index contributed by atoms with van der Waals surface area (Å²) in [4.78, 5) is 20.2. The summed E-state index contributed by atoms with van der Waals surface area (Å²) >= 11 is 0. The fourth-order valence-electron chi connectivity index (χ4n) is 1.65. The van der Waals surface area contributed by atoms with Crippen molar-refractivity contribution in [1.82, 2.24) is 9.97 Å². The molecule has 0 radical (unpaired) electrons. The van der Waals surface area contributed by atoms with Crippen LogP contribution in [0.15, 0.2) is 36.8 Å². The minimum absolute atomic E-state index is 0.240. The van der Waals surface area contributed by atoms with Gasteiger partial charge in [-0.05, 0) is 37.6 Å². The Kier molecular flexibility index (Phi) is 4.07. The fraction of sp³-hybridized carbons (Fsp3) is 0.214. The minimum Gasteiger partial charge on any atom is -0.385 e. The molecule has 0 spiro atoms. The fourth-order valence-corrected chi connectivity index (χ4v) is 1.65. The predicted octanol–water partition coefficient (Wildman–Crippen LogP) is 2.47. The monoisotopic (exact) mass is 256 g/mol. The second-order valence-corrected chi connectivity index (χ2v) is 4.10. The molecule has 0 atom stereocenters. The van der Waals surface area contributed by atoms with Crippen LogP contribution in [-0.4, -0.2) is 22.4 Å². The third kappa shape index (κ3) is 3.28. The number of hydrogen-bond donors (Lipinski definition) is 2. The molecule has 0 aromatic carbocycles. The molecule has 0 saturated carbocycles. The Morgan fingerprint density at radius 2 is 2.16 bits per heavy atom. The van der Waals surface area contributed by atoms with Crippen molar-refractivity contribution in [2.24, 2.45) is 0 Å². The highest BCUT2D eigenvalue weighted by molar-refractivity contribution is 6.03. The molecule has 0 fully saturated rings. The van der Waals surface area contributed by atoms with Crippen molar-refractivity contribution in [1.29, 1.82) is 0 Å². The topological polar surface area (TPSA) is 66.9 Å². The molecule has 0 aliphatic carbocycles. The van der Waals surface area contributed by atoms with Gasteiger partial charge in [0.2, 0.25) is 0 Å². The summed E-state index contributed by atoms with van der Waals surface area (Å²) < 4.78 is 0. The lowest BCUT2D eigenvalue weighted by atomic mass is 10.2. The molecule has 0 saturated heterocycles. The molecule has 98 valence electrons. The largest absolute Gasteiger partial charge is 0.385 e. The zero-order valence-corrected chi connectivity index (χ0v) is 11.0. The number of carbonyl (C=O) groups is 1. The molecule has 2 heterocycles. The molecule has 19 heavy (non-hydrogen) atoms. The maximum absolute atomic E-state index is 12.1. The van der Waals surface area contributed by atoms with E-state index in [-0.39, 0.29) is 5.91 Å². The van der Waals surface area contributed by atoms with E-state index < -0.39 is 0 Å². The quantitative estimate of drug-likeness (QED) is 0.881. The van der Waals surface area contributed by atoms with Gasteiger partial charge in [0.25, 0.3) is 5.91 Å². The summed E-state index contributed by atoms with van der Waals surface area (Å²) in [5, 5.41) is 5.95. The number of hydrogen-bond acceptors (Lipinski definition) is 4. The third-order valence-corrected chi connectivity index (χ3v) is 2.66. The Hall–Kier alpha value is -2.43. The highest BCUT2D eigenvalue weighted by Gasteiger charge is 2.09. The lowest BCUT2D eigenvalue weighted by Gasteiger charge is -2.08. The van der Waals surface area contributed by atoms with Crippen LogP contribution in [0.25, 0.3) is 0 Å². The first-order valence-electron chi connectivity index (χ1n) is 6.12. The summed E-state index contributed by atoms with van der Waals surface area (Å²) in [6, 6.07) is 5.40. The minimum atomic E-state index is -0.240. The predicted molar refractivity (Wildman–Crippen MR) is 75.3 cm³/mol. The van der Waals surface area contributed by atoms with Gasteiger partial charge >= 0.3 is 0 Å². The van der Waals surface area contributed by atoms with E-state index in [9.17, 15) is 4.79 Å². The first-order chi connectivity index (χ1) is 9.20. The Morgan fingerprint density at radius 3 is 2.89 bits per heavy atom. The number of amides is 1. The normalized spacial score (nSPS) is 10.0. The van der Waals surface area contributed by atoms with Crippen LogP contribution in [0.3, 0.4) is 0 Å². The molecule has 5 nitrogen and oxygen atoms in total. The van der Waals surface area contributed by atoms with E-state index in [0.717, 1.165) is 17.8 Å². The van der Waals surface area contributed by atoms with Crippen LogP contribution in [0, 0.1) is 6.92 Å². The van der Waals surface area contributed by atoms with E-state index in [2.05, 4.69) is 20.6 Å². The highest BCUT2D eigenvalue weighted by atomic mass is 16.1. The standard InChI is InChI=1S/C14H16N4O/c1-3-16-11-5-7-17-12(8-11)14(19)18-13-9-15-6-4-10(13)2/h4-9H,3H2,1-2H3,(H,16,17)(H,18,19). The van der Waals surface area contributed by atoms with Crippen molar-refractivity contribution in [2.75, 3.05) is 17.2 Å². The van der Waals surface area contributed by atoms with Gasteiger partial charge in [0.1, 0.15) is 5.69 Å². The van der Waals surface area contributed by atoms with Gasteiger partial charge in [-0.1, -0.05) is 0 Å². The second-order valence-electron chi connectivity index (χ2n) is 4.10. The Morgan fingerprint density at radius 1 is 1.32 bits per heavy atom. The van der Waals surface area contributed by atoms with Gasteiger partial charge in [-0.15, -0.1) is 0 Å². The first kappa shape index (κ1) is 13.0.